The van der Waals surface area contributed by atoms with Gasteiger partial charge in [-0.25, -0.2) is 8.78 Å². The molecule has 0 aliphatic rings. The first kappa shape index (κ1) is 10.3. The maximum Gasteiger partial charge on any atom is 0.172 e. The molecule has 74 valence electrons. The summed E-state index contributed by atoms with van der Waals surface area (Å²) in [5, 5.41) is 17.3. The molecule has 3 nitrogen and oxygen atoms in total. The predicted molar refractivity (Wildman–Crippen MR) is 43.9 cm³/mol. The average Bonchev–Trinajstić information content (AvgIpc) is 2.18. The van der Waals surface area contributed by atoms with E-state index in [1.165, 1.54) is 7.11 Å². The van der Waals surface area contributed by atoms with Crippen molar-refractivity contribution in [1.82, 2.24) is 0 Å². The lowest BCUT2D eigenvalue weighted by Crippen LogP contribution is -1.98. The molecule has 0 atom stereocenters. The van der Waals surface area contributed by atoms with Gasteiger partial charge in [0.15, 0.2) is 23.1 Å². The fraction of sp³-hybridized carbons (Fsp3) is 0.222. The molecule has 0 aliphatic carbocycles. The monoisotopic (exact) mass is 199 g/mol. The number of benzene rings is 1. The van der Waals surface area contributed by atoms with E-state index in [1.54, 1.807) is 6.07 Å². The number of halogens is 2. The Morgan fingerprint density at radius 1 is 1.50 bits per heavy atom. The third-order valence-electron chi connectivity index (χ3n) is 1.71. The van der Waals surface area contributed by atoms with E-state index in [4.69, 9.17) is 10.4 Å². The van der Waals surface area contributed by atoms with Crippen molar-refractivity contribution < 1.29 is 18.6 Å². The normalized spacial score (nSPS) is 9.57. The van der Waals surface area contributed by atoms with Crippen LogP contribution in [0.15, 0.2) is 6.07 Å². The van der Waals surface area contributed by atoms with Gasteiger partial charge in [-0.15, -0.1) is 0 Å². The van der Waals surface area contributed by atoms with Gasteiger partial charge in [-0.05, 0) is 0 Å². The number of nitrogens with zero attached hydrogens (tertiary/aromatic N) is 1. The van der Waals surface area contributed by atoms with Crippen LogP contribution in [0.4, 0.5) is 8.78 Å². The molecule has 1 rings (SSSR count). The topological polar surface area (TPSA) is 53.2 Å². The predicted octanol–water partition coefficient (Wildman–Crippen LogP) is 1.75. The first-order chi connectivity index (χ1) is 6.61. The van der Waals surface area contributed by atoms with Gasteiger partial charge in [-0.3, -0.25) is 0 Å². The number of nitriles is 1. The number of aromatic hydroxyl groups is 1. The Kier molecular flexibility index (Phi) is 2.87. The second-order valence-corrected chi connectivity index (χ2v) is 2.54. The molecular weight excluding hydrogens is 192 g/mol. The molecule has 0 radical (unpaired) electrons. The van der Waals surface area contributed by atoms with E-state index in [9.17, 15) is 8.78 Å². The van der Waals surface area contributed by atoms with E-state index >= 15 is 0 Å². The number of ether oxygens (including phenoxy) is 1. The minimum Gasteiger partial charge on any atom is -0.505 e. The lowest BCUT2D eigenvalue weighted by molar-refractivity contribution is 0.367. The van der Waals surface area contributed by atoms with E-state index < -0.39 is 29.4 Å². The molecule has 0 fully saturated rings. The molecule has 0 bridgehead atoms. The Labute approximate surface area is 79.2 Å². The second kappa shape index (κ2) is 3.92. The van der Waals surface area contributed by atoms with Crippen LogP contribution in [0.5, 0.6) is 11.5 Å². The van der Waals surface area contributed by atoms with Gasteiger partial charge in [0.25, 0.3) is 0 Å². The van der Waals surface area contributed by atoms with E-state index in [0.29, 0.717) is 0 Å². The fourth-order valence-corrected chi connectivity index (χ4v) is 1.03. The van der Waals surface area contributed by atoms with Crippen LogP contribution >= 0.6 is 0 Å². The SMILES string of the molecule is COc1cc(O)c(F)c(CC#N)c1F. The Morgan fingerprint density at radius 3 is 2.64 bits per heavy atom. The number of phenolic OH excluding ortho intramolecular Hbond substituents is 1. The first-order valence-corrected chi connectivity index (χ1v) is 3.72. The van der Waals surface area contributed by atoms with Crippen molar-refractivity contribution in [2.75, 3.05) is 7.11 Å². The summed E-state index contributed by atoms with van der Waals surface area (Å²) >= 11 is 0. The van der Waals surface area contributed by atoms with Crippen molar-refractivity contribution in [1.29, 1.82) is 5.26 Å². The highest BCUT2D eigenvalue weighted by Crippen LogP contribution is 2.30. The van der Waals surface area contributed by atoms with Crippen molar-refractivity contribution in [2.45, 2.75) is 6.42 Å². The molecule has 0 aromatic heterocycles. The van der Waals surface area contributed by atoms with Crippen molar-refractivity contribution in [3.05, 3.63) is 23.3 Å². The zero-order chi connectivity index (χ0) is 10.7. The Hall–Kier alpha value is -1.83. The highest BCUT2D eigenvalue weighted by molar-refractivity contribution is 5.41. The molecule has 0 amide bonds. The molecular formula is C9H7F2NO2. The molecule has 0 saturated carbocycles. The molecule has 0 saturated heterocycles. The zero-order valence-electron chi connectivity index (χ0n) is 7.34. The summed E-state index contributed by atoms with van der Waals surface area (Å²) in [6, 6.07) is 2.42. The maximum atomic E-state index is 13.3. The molecule has 14 heavy (non-hydrogen) atoms. The largest absolute Gasteiger partial charge is 0.505 e. The summed E-state index contributed by atoms with van der Waals surface area (Å²) in [5.41, 5.74) is -0.482. The molecule has 0 aliphatic heterocycles. The van der Waals surface area contributed by atoms with Crippen molar-refractivity contribution >= 4 is 0 Å². The van der Waals surface area contributed by atoms with Gasteiger partial charge >= 0.3 is 0 Å². The smallest absolute Gasteiger partial charge is 0.172 e. The van der Waals surface area contributed by atoms with Gasteiger partial charge in [0.05, 0.1) is 19.6 Å². The van der Waals surface area contributed by atoms with Crippen molar-refractivity contribution in [2.24, 2.45) is 0 Å². The van der Waals surface area contributed by atoms with Crippen LogP contribution in [0.3, 0.4) is 0 Å². The number of phenols is 1. The van der Waals surface area contributed by atoms with Gasteiger partial charge in [-0.2, -0.15) is 5.26 Å². The number of rotatable bonds is 2. The summed E-state index contributed by atoms with van der Waals surface area (Å²) < 4.78 is 30.9. The summed E-state index contributed by atoms with van der Waals surface area (Å²) in [6.07, 6.45) is -0.456. The highest BCUT2D eigenvalue weighted by atomic mass is 19.1. The second-order valence-electron chi connectivity index (χ2n) is 2.54. The van der Waals surface area contributed by atoms with Crippen LogP contribution in [-0.2, 0) is 6.42 Å². The fourth-order valence-electron chi connectivity index (χ4n) is 1.03. The number of methoxy groups -OCH3 is 1. The minimum absolute atomic E-state index is 0.283. The molecule has 1 aromatic carbocycles. The summed E-state index contributed by atoms with van der Waals surface area (Å²) in [5.74, 6) is -3.09. The molecule has 0 heterocycles. The third-order valence-corrected chi connectivity index (χ3v) is 1.71. The van der Waals surface area contributed by atoms with Crippen LogP contribution in [0.25, 0.3) is 0 Å². The first-order valence-electron chi connectivity index (χ1n) is 3.72. The summed E-state index contributed by atoms with van der Waals surface area (Å²) in [7, 11) is 1.19. The molecule has 0 spiro atoms. The van der Waals surface area contributed by atoms with Crippen LogP contribution in [-0.4, -0.2) is 12.2 Å². The van der Waals surface area contributed by atoms with Gasteiger partial charge in [-0.1, -0.05) is 0 Å². The van der Waals surface area contributed by atoms with E-state index in [1.807, 2.05) is 0 Å². The van der Waals surface area contributed by atoms with E-state index in [2.05, 4.69) is 4.74 Å². The van der Waals surface area contributed by atoms with Gasteiger partial charge in [0, 0.05) is 11.6 Å². The lowest BCUT2D eigenvalue weighted by atomic mass is 10.1. The standard InChI is InChI=1S/C9H7F2NO2/c1-14-7-4-6(13)8(10)5(2-3-12)9(7)11/h4,13H,2H2,1H3. The van der Waals surface area contributed by atoms with E-state index in [0.717, 1.165) is 6.07 Å². The Bertz CT molecular complexity index is 399. The lowest BCUT2D eigenvalue weighted by Gasteiger charge is -2.07. The highest BCUT2D eigenvalue weighted by Gasteiger charge is 2.18. The number of hydrogen-bond donors (Lipinski definition) is 1. The molecule has 1 N–H and O–H groups in total. The van der Waals surface area contributed by atoms with Gasteiger partial charge in [0.2, 0.25) is 0 Å². The molecule has 1 aromatic rings. The quantitative estimate of drug-likeness (QED) is 0.789. The Balaban J connectivity index is 3.38. The van der Waals surface area contributed by atoms with Gasteiger partial charge < -0.3 is 9.84 Å². The molecule has 5 heteroatoms. The summed E-state index contributed by atoms with van der Waals surface area (Å²) in [4.78, 5) is 0. The van der Waals surface area contributed by atoms with Crippen LogP contribution in [0, 0.1) is 23.0 Å². The minimum atomic E-state index is -1.12. The van der Waals surface area contributed by atoms with Crippen LogP contribution in [0.2, 0.25) is 0 Å². The van der Waals surface area contributed by atoms with Crippen molar-refractivity contribution in [3.63, 3.8) is 0 Å². The molecule has 0 unspecified atom stereocenters. The maximum absolute atomic E-state index is 13.3. The Morgan fingerprint density at radius 2 is 2.14 bits per heavy atom. The third kappa shape index (κ3) is 1.59. The van der Waals surface area contributed by atoms with E-state index in [-0.39, 0.29) is 5.75 Å². The van der Waals surface area contributed by atoms with Gasteiger partial charge in [0.1, 0.15) is 0 Å². The average molecular weight is 199 g/mol. The zero-order valence-corrected chi connectivity index (χ0v) is 7.34. The van der Waals surface area contributed by atoms with Crippen LogP contribution < -0.4 is 4.74 Å². The number of hydrogen-bond acceptors (Lipinski definition) is 3. The summed E-state index contributed by atoms with van der Waals surface area (Å²) in [6.45, 7) is 0. The van der Waals surface area contributed by atoms with Crippen LogP contribution in [0.1, 0.15) is 5.56 Å². The van der Waals surface area contributed by atoms with Crippen molar-refractivity contribution in [3.8, 4) is 17.6 Å².